The van der Waals surface area contributed by atoms with Crippen LogP contribution in [0, 0.1) is 25.4 Å². The van der Waals surface area contributed by atoms with Gasteiger partial charge in [-0.05, 0) is 44.5 Å². The van der Waals surface area contributed by atoms with Gasteiger partial charge in [-0.3, -0.25) is 0 Å². The van der Waals surface area contributed by atoms with Gasteiger partial charge in [0.2, 0.25) is 0 Å². The van der Waals surface area contributed by atoms with Crippen molar-refractivity contribution in [3.8, 4) is 17.0 Å². The zero-order valence-corrected chi connectivity index (χ0v) is 11.8. The number of rotatable bonds is 2. The second-order valence-corrected chi connectivity index (χ2v) is 4.69. The largest absolute Gasteiger partial charge is 0.497 e. The lowest BCUT2D eigenvalue weighted by Gasteiger charge is -2.11. The summed E-state index contributed by atoms with van der Waals surface area (Å²) in [6.07, 6.45) is 0. The molecule has 18 heavy (non-hydrogen) atoms. The van der Waals surface area contributed by atoms with Crippen molar-refractivity contribution in [2.75, 3.05) is 7.11 Å². The number of hydrogen-bond donors (Lipinski definition) is 1. The number of nitrogens with zero attached hydrogens (tertiary/aromatic N) is 1. The van der Waals surface area contributed by atoms with Gasteiger partial charge in [-0.25, -0.2) is 4.98 Å². The van der Waals surface area contributed by atoms with Crippen LogP contribution in [0.4, 0.5) is 0 Å². The molecule has 3 nitrogen and oxygen atoms in total. The third kappa shape index (κ3) is 2.29. The fourth-order valence-corrected chi connectivity index (χ4v) is 2.20. The lowest BCUT2D eigenvalue weighted by Crippen LogP contribution is -1.98. The van der Waals surface area contributed by atoms with Crippen LogP contribution in [-0.4, -0.2) is 17.1 Å². The molecule has 0 unspecified atom stereocenters. The number of hydrogen-bond acceptors (Lipinski definition) is 3. The molecular weight excluding hydrogens is 244 g/mol. The van der Waals surface area contributed by atoms with Crippen LogP contribution in [0.1, 0.15) is 17.0 Å². The number of methoxy groups -OCH3 is 1. The predicted molar refractivity (Wildman–Crippen MR) is 75.6 cm³/mol. The molecule has 2 aromatic rings. The monoisotopic (exact) mass is 260 g/mol. The summed E-state index contributed by atoms with van der Waals surface area (Å²) in [5.41, 5.74) is 4.31. The molecule has 1 aromatic heterocycles. The van der Waals surface area contributed by atoms with Gasteiger partial charge in [0.1, 0.15) is 16.2 Å². The summed E-state index contributed by atoms with van der Waals surface area (Å²) < 4.78 is 5.87. The van der Waals surface area contributed by atoms with Crippen molar-refractivity contribution in [1.29, 1.82) is 0 Å². The molecule has 2 rings (SSSR count). The van der Waals surface area contributed by atoms with Crippen LogP contribution in [0.15, 0.2) is 18.2 Å². The quantitative estimate of drug-likeness (QED) is 0.836. The Morgan fingerprint density at radius 1 is 1.22 bits per heavy atom. The Hall–Kier alpha value is -1.68. The van der Waals surface area contributed by atoms with Gasteiger partial charge in [0.05, 0.1) is 12.8 Å². The minimum absolute atomic E-state index is 0.650. The van der Waals surface area contributed by atoms with Gasteiger partial charge in [-0.2, -0.15) is 0 Å². The van der Waals surface area contributed by atoms with Gasteiger partial charge < -0.3 is 9.72 Å². The van der Waals surface area contributed by atoms with Crippen LogP contribution in [-0.2, 0) is 0 Å². The van der Waals surface area contributed by atoms with E-state index in [1.54, 1.807) is 7.11 Å². The van der Waals surface area contributed by atoms with E-state index in [4.69, 9.17) is 17.0 Å². The third-order valence-electron chi connectivity index (χ3n) is 2.97. The summed E-state index contributed by atoms with van der Waals surface area (Å²) >= 11 is 5.26. The van der Waals surface area contributed by atoms with E-state index in [0.29, 0.717) is 4.64 Å². The Labute approximate surface area is 112 Å². The summed E-state index contributed by atoms with van der Waals surface area (Å²) in [5, 5.41) is 0. The molecule has 0 aliphatic rings. The predicted octanol–water partition coefficient (Wildman–Crippen LogP) is 3.74. The summed E-state index contributed by atoms with van der Waals surface area (Å²) in [7, 11) is 1.67. The summed E-state index contributed by atoms with van der Waals surface area (Å²) in [5.74, 6) is 1.69. The molecule has 0 saturated carbocycles. The highest BCUT2D eigenvalue weighted by Crippen LogP contribution is 2.27. The van der Waals surface area contributed by atoms with E-state index in [1.165, 1.54) is 0 Å². The topological polar surface area (TPSA) is 37.9 Å². The number of aryl methyl sites for hydroxylation is 2. The van der Waals surface area contributed by atoms with E-state index in [2.05, 4.69) is 16.9 Å². The first-order valence-electron chi connectivity index (χ1n) is 5.75. The third-order valence-corrected chi connectivity index (χ3v) is 3.37. The van der Waals surface area contributed by atoms with E-state index in [0.717, 1.165) is 34.0 Å². The maximum Gasteiger partial charge on any atom is 0.133 e. The smallest absolute Gasteiger partial charge is 0.133 e. The lowest BCUT2D eigenvalue weighted by atomic mass is 10.0. The normalized spacial score (nSPS) is 10.4. The zero-order chi connectivity index (χ0) is 13.3. The maximum atomic E-state index is 5.26. The van der Waals surface area contributed by atoms with Crippen molar-refractivity contribution >= 4 is 12.2 Å². The SMILES string of the molecule is COc1ccc(-c2[nH]c(C)nc(=S)c2C)c(C)c1. The highest BCUT2D eigenvalue weighted by molar-refractivity contribution is 7.71. The van der Waals surface area contributed by atoms with E-state index in [-0.39, 0.29) is 0 Å². The molecule has 0 bridgehead atoms. The van der Waals surface area contributed by atoms with Crippen LogP contribution in [0.2, 0.25) is 0 Å². The molecule has 1 heterocycles. The van der Waals surface area contributed by atoms with Gasteiger partial charge in [0.25, 0.3) is 0 Å². The number of ether oxygens (including phenoxy) is 1. The van der Waals surface area contributed by atoms with Crippen molar-refractivity contribution in [3.05, 3.63) is 39.8 Å². The zero-order valence-electron chi connectivity index (χ0n) is 11.0. The number of H-pyrrole nitrogens is 1. The van der Waals surface area contributed by atoms with Crippen molar-refractivity contribution in [1.82, 2.24) is 9.97 Å². The minimum Gasteiger partial charge on any atom is -0.497 e. The fraction of sp³-hybridized carbons (Fsp3) is 0.286. The van der Waals surface area contributed by atoms with E-state index < -0.39 is 0 Å². The molecule has 0 amide bonds. The minimum atomic E-state index is 0.650. The maximum absolute atomic E-state index is 5.26. The van der Waals surface area contributed by atoms with Crippen LogP contribution in [0.3, 0.4) is 0 Å². The Kier molecular flexibility index (Phi) is 3.48. The fourth-order valence-electron chi connectivity index (χ4n) is 1.96. The Morgan fingerprint density at radius 3 is 2.56 bits per heavy atom. The Balaban J connectivity index is 2.66. The molecule has 0 saturated heterocycles. The second-order valence-electron chi connectivity index (χ2n) is 4.31. The van der Waals surface area contributed by atoms with E-state index in [9.17, 15) is 0 Å². The summed E-state index contributed by atoms with van der Waals surface area (Å²) in [6.45, 7) is 5.96. The van der Waals surface area contributed by atoms with Gasteiger partial charge in [-0.15, -0.1) is 0 Å². The molecule has 0 aliphatic heterocycles. The van der Waals surface area contributed by atoms with Gasteiger partial charge in [-0.1, -0.05) is 12.2 Å². The first-order chi connectivity index (χ1) is 8.52. The average Bonchev–Trinajstić information content (AvgIpc) is 2.34. The molecule has 1 N–H and O–H groups in total. The first-order valence-corrected chi connectivity index (χ1v) is 6.16. The van der Waals surface area contributed by atoms with Crippen molar-refractivity contribution in [2.45, 2.75) is 20.8 Å². The summed E-state index contributed by atoms with van der Waals surface area (Å²) in [6, 6.07) is 6.01. The van der Waals surface area contributed by atoms with Crippen molar-refractivity contribution in [3.63, 3.8) is 0 Å². The number of aromatic nitrogens is 2. The van der Waals surface area contributed by atoms with Crippen LogP contribution >= 0.6 is 12.2 Å². The molecule has 0 radical (unpaired) electrons. The van der Waals surface area contributed by atoms with Crippen LogP contribution in [0.25, 0.3) is 11.3 Å². The number of aromatic amines is 1. The molecule has 4 heteroatoms. The van der Waals surface area contributed by atoms with Crippen LogP contribution < -0.4 is 4.74 Å². The van der Waals surface area contributed by atoms with Crippen molar-refractivity contribution in [2.24, 2.45) is 0 Å². The van der Waals surface area contributed by atoms with Gasteiger partial charge in [0, 0.05) is 11.1 Å². The van der Waals surface area contributed by atoms with Crippen molar-refractivity contribution < 1.29 is 4.74 Å². The first kappa shape index (κ1) is 12.8. The van der Waals surface area contributed by atoms with E-state index in [1.807, 2.05) is 32.0 Å². The molecule has 94 valence electrons. The molecule has 0 atom stereocenters. The summed E-state index contributed by atoms with van der Waals surface area (Å²) in [4.78, 5) is 7.55. The number of benzene rings is 1. The second kappa shape index (κ2) is 4.90. The molecule has 0 spiro atoms. The van der Waals surface area contributed by atoms with Gasteiger partial charge >= 0.3 is 0 Å². The average molecular weight is 260 g/mol. The highest BCUT2D eigenvalue weighted by Gasteiger charge is 2.09. The molecule has 0 fully saturated rings. The Bertz CT molecular complexity index is 647. The van der Waals surface area contributed by atoms with E-state index >= 15 is 0 Å². The lowest BCUT2D eigenvalue weighted by molar-refractivity contribution is 0.414. The van der Waals surface area contributed by atoms with Crippen LogP contribution in [0.5, 0.6) is 5.75 Å². The molecule has 0 aliphatic carbocycles. The highest BCUT2D eigenvalue weighted by atomic mass is 32.1. The molecule has 1 aromatic carbocycles. The van der Waals surface area contributed by atoms with Gasteiger partial charge in [0.15, 0.2) is 0 Å². The number of nitrogens with one attached hydrogen (secondary N) is 1. The standard InChI is InChI=1S/C14H16N2OS/c1-8-7-11(17-4)5-6-12(8)13-9(2)14(18)16-10(3)15-13/h5-7H,1-4H3,(H,15,16,18). The Morgan fingerprint density at radius 2 is 1.94 bits per heavy atom. The molecular formula is C14H16N2OS.